The van der Waals surface area contributed by atoms with Crippen molar-refractivity contribution in [3.63, 3.8) is 0 Å². The molecule has 3 heteroatoms. The largest absolute Gasteiger partial charge is 0.388 e. The number of methoxy groups -OCH3 is 1. The summed E-state index contributed by atoms with van der Waals surface area (Å²) in [5.41, 5.74) is 0.797. The molecular weight excluding hydrogens is 200 g/mol. The summed E-state index contributed by atoms with van der Waals surface area (Å²) >= 11 is 5.94. The summed E-state index contributed by atoms with van der Waals surface area (Å²) in [4.78, 5) is 0. The van der Waals surface area contributed by atoms with Gasteiger partial charge in [0.1, 0.15) is 0 Å². The first-order valence-electron chi connectivity index (χ1n) is 4.67. The molecule has 0 aromatic heterocycles. The van der Waals surface area contributed by atoms with Crippen molar-refractivity contribution < 1.29 is 9.84 Å². The quantitative estimate of drug-likeness (QED) is 0.764. The molecule has 1 aromatic rings. The summed E-state index contributed by atoms with van der Waals surface area (Å²) in [6.07, 6.45) is 1.03. The van der Waals surface area contributed by atoms with Crippen LogP contribution in [0.3, 0.4) is 0 Å². The fourth-order valence-corrected chi connectivity index (χ4v) is 1.58. The highest BCUT2D eigenvalue weighted by Gasteiger charge is 2.09. The van der Waals surface area contributed by atoms with Crippen LogP contribution in [0.2, 0.25) is 5.02 Å². The molecule has 14 heavy (non-hydrogen) atoms. The van der Waals surface area contributed by atoms with E-state index in [0.717, 1.165) is 12.0 Å². The Morgan fingerprint density at radius 1 is 1.43 bits per heavy atom. The topological polar surface area (TPSA) is 29.5 Å². The second-order valence-corrected chi connectivity index (χ2v) is 3.58. The predicted molar refractivity (Wildman–Crippen MR) is 57.5 cm³/mol. The van der Waals surface area contributed by atoms with E-state index in [1.807, 2.05) is 18.2 Å². The molecule has 1 N–H and O–H groups in total. The number of benzene rings is 1. The van der Waals surface area contributed by atoms with Crippen LogP contribution in [-0.2, 0) is 4.74 Å². The van der Waals surface area contributed by atoms with Gasteiger partial charge in [0.2, 0.25) is 0 Å². The summed E-state index contributed by atoms with van der Waals surface area (Å²) in [6.45, 7) is 0.668. The highest BCUT2D eigenvalue weighted by Crippen LogP contribution is 2.25. The highest BCUT2D eigenvalue weighted by molar-refractivity contribution is 6.31. The van der Waals surface area contributed by atoms with Gasteiger partial charge < -0.3 is 9.84 Å². The average molecular weight is 215 g/mol. The Labute approximate surface area is 89.5 Å². The third kappa shape index (κ3) is 3.29. The van der Waals surface area contributed by atoms with E-state index >= 15 is 0 Å². The standard InChI is InChI=1S/C11H15ClO2/c1-14-8-4-7-11(13)9-5-2-3-6-10(9)12/h2-3,5-6,11,13H,4,7-8H2,1H3. The van der Waals surface area contributed by atoms with Gasteiger partial charge in [0.15, 0.2) is 0 Å². The minimum Gasteiger partial charge on any atom is -0.388 e. The molecular formula is C11H15ClO2. The Bertz CT molecular complexity index is 276. The third-order valence-electron chi connectivity index (χ3n) is 2.09. The molecule has 0 aliphatic heterocycles. The van der Waals surface area contributed by atoms with Crippen molar-refractivity contribution in [2.24, 2.45) is 0 Å². The van der Waals surface area contributed by atoms with Gasteiger partial charge in [-0.1, -0.05) is 29.8 Å². The maximum Gasteiger partial charge on any atom is 0.0805 e. The first-order valence-corrected chi connectivity index (χ1v) is 5.05. The number of aliphatic hydroxyl groups excluding tert-OH is 1. The molecule has 0 aliphatic carbocycles. The first kappa shape index (κ1) is 11.5. The van der Waals surface area contributed by atoms with Gasteiger partial charge in [0.05, 0.1) is 6.10 Å². The first-order chi connectivity index (χ1) is 6.75. The van der Waals surface area contributed by atoms with Gasteiger partial charge in [-0.25, -0.2) is 0 Å². The Balaban J connectivity index is 2.51. The van der Waals surface area contributed by atoms with Gasteiger partial charge in [-0.3, -0.25) is 0 Å². The van der Waals surface area contributed by atoms with Gasteiger partial charge >= 0.3 is 0 Å². The molecule has 0 radical (unpaired) electrons. The van der Waals surface area contributed by atoms with E-state index in [2.05, 4.69) is 0 Å². The second-order valence-electron chi connectivity index (χ2n) is 3.17. The molecule has 1 rings (SSSR count). The fourth-order valence-electron chi connectivity index (χ4n) is 1.32. The molecule has 0 amide bonds. The molecule has 0 saturated heterocycles. The van der Waals surface area contributed by atoms with Crippen molar-refractivity contribution in [1.29, 1.82) is 0 Å². The van der Waals surface area contributed by atoms with Crippen molar-refractivity contribution in [3.8, 4) is 0 Å². The fraction of sp³-hybridized carbons (Fsp3) is 0.455. The lowest BCUT2D eigenvalue weighted by Crippen LogP contribution is -2.00. The van der Waals surface area contributed by atoms with Crippen molar-refractivity contribution in [1.82, 2.24) is 0 Å². The van der Waals surface area contributed by atoms with E-state index in [9.17, 15) is 5.11 Å². The maximum atomic E-state index is 9.79. The summed E-state index contributed by atoms with van der Waals surface area (Å²) in [5.74, 6) is 0. The Morgan fingerprint density at radius 2 is 2.14 bits per heavy atom. The second kappa shape index (κ2) is 6.02. The van der Waals surface area contributed by atoms with Crippen LogP contribution in [0.1, 0.15) is 24.5 Å². The van der Waals surface area contributed by atoms with Crippen molar-refractivity contribution in [2.45, 2.75) is 18.9 Å². The van der Waals surface area contributed by atoms with E-state index in [0.29, 0.717) is 18.1 Å². The van der Waals surface area contributed by atoms with Crippen LogP contribution in [0.25, 0.3) is 0 Å². The van der Waals surface area contributed by atoms with Crippen molar-refractivity contribution >= 4 is 11.6 Å². The summed E-state index contributed by atoms with van der Waals surface area (Å²) in [5, 5.41) is 10.4. The third-order valence-corrected chi connectivity index (χ3v) is 2.43. The highest BCUT2D eigenvalue weighted by atomic mass is 35.5. The van der Waals surface area contributed by atoms with Gasteiger partial charge in [-0.2, -0.15) is 0 Å². The minimum absolute atomic E-state index is 0.487. The van der Waals surface area contributed by atoms with Crippen molar-refractivity contribution in [2.75, 3.05) is 13.7 Å². The summed E-state index contributed by atoms with van der Waals surface area (Å²) < 4.78 is 4.91. The van der Waals surface area contributed by atoms with Crippen LogP contribution in [-0.4, -0.2) is 18.8 Å². The molecule has 1 aromatic carbocycles. The Hall–Kier alpha value is -0.570. The minimum atomic E-state index is -0.487. The van der Waals surface area contributed by atoms with Gasteiger partial charge in [-0.15, -0.1) is 0 Å². The molecule has 1 atom stereocenters. The molecule has 0 saturated carbocycles. The van der Waals surface area contributed by atoms with E-state index in [4.69, 9.17) is 16.3 Å². The molecule has 0 bridgehead atoms. The molecule has 2 nitrogen and oxygen atoms in total. The zero-order valence-electron chi connectivity index (χ0n) is 8.24. The SMILES string of the molecule is COCCCC(O)c1ccccc1Cl. The van der Waals surface area contributed by atoms with Crippen LogP contribution in [0, 0.1) is 0 Å². The van der Waals surface area contributed by atoms with E-state index in [-0.39, 0.29) is 0 Å². The number of hydrogen-bond acceptors (Lipinski definition) is 2. The Kier molecular flexibility index (Phi) is 4.94. The zero-order valence-corrected chi connectivity index (χ0v) is 9.00. The maximum absolute atomic E-state index is 9.79. The van der Waals surface area contributed by atoms with Crippen LogP contribution in [0.15, 0.2) is 24.3 Å². The molecule has 0 fully saturated rings. The molecule has 0 spiro atoms. The molecule has 78 valence electrons. The lowest BCUT2D eigenvalue weighted by molar-refractivity contribution is 0.136. The van der Waals surface area contributed by atoms with Gasteiger partial charge in [-0.05, 0) is 24.5 Å². The van der Waals surface area contributed by atoms with Crippen LogP contribution in [0.4, 0.5) is 0 Å². The average Bonchev–Trinajstić information content (AvgIpc) is 2.18. The summed E-state index contributed by atoms with van der Waals surface area (Å²) in [6, 6.07) is 7.37. The number of hydrogen-bond donors (Lipinski definition) is 1. The van der Waals surface area contributed by atoms with E-state index < -0.39 is 6.10 Å². The normalized spacial score (nSPS) is 12.8. The van der Waals surface area contributed by atoms with E-state index in [1.54, 1.807) is 13.2 Å². The van der Waals surface area contributed by atoms with Crippen LogP contribution >= 0.6 is 11.6 Å². The van der Waals surface area contributed by atoms with Gasteiger partial charge in [0.25, 0.3) is 0 Å². The summed E-state index contributed by atoms with van der Waals surface area (Å²) in [7, 11) is 1.65. The monoisotopic (exact) mass is 214 g/mol. The number of rotatable bonds is 5. The number of ether oxygens (including phenoxy) is 1. The Morgan fingerprint density at radius 3 is 2.79 bits per heavy atom. The lowest BCUT2D eigenvalue weighted by atomic mass is 10.1. The number of halogens is 1. The number of aliphatic hydroxyl groups is 1. The van der Waals surface area contributed by atoms with Gasteiger partial charge in [0, 0.05) is 18.7 Å². The molecule has 1 unspecified atom stereocenters. The van der Waals surface area contributed by atoms with E-state index in [1.165, 1.54) is 0 Å². The van der Waals surface area contributed by atoms with Crippen LogP contribution in [0.5, 0.6) is 0 Å². The predicted octanol–water partition coefficient (Wildman–Crippen LogP) is 2.80. The smallest absolute Gasteiger partial charge is 0.0805 e. The zero-order chi connectivity index (χ0) is 10.4. The lowest BCUT2D eigenvalue weighted by Gasteiger charge is -2.11. The molecule has 0 aliphatic rings. The van der Waals surface area contributed by atoms with Crippen molar-refractivity contribution in [3.05, 3.63) is 34.9 Å². The molecule has 0 heterocycles. The van der Waals surface area contributed by atoms with Crippen LogP contribution < -0.4 is 0 Å².